The summed E-state index contributed by atoms with van der Waals surface area (Å²) in [6.07, 6.45) is 3.63. The van der Waals surface area contributed by atoms with Crippen LogP contribution < -0.4 is 5.32 Å². The summed E-state index contributed by atoms with van der Waals surface area (Å²) < 4.78 is 46.3. The van der Waals surface area contributed by atoms with E-state index in [2.05, 4.69) is 26.1 Å². The van der Waals surface area contributed by atoms with Gasteiger partial charge in [-0.3, -0.25) is 4.79 Å². The fourth-order valence-electron chi connectivity index (χ4n) is 4.17. The summed E-state index contributed by atoms with van der Waals surface area (Å²) in [5, 5.41) is 2.79. The highest BCUT2D eigenvalue weighted by Crippen LogP contribution is 2.40. The summed E-state index contributed by atoms with van der Waals surface area (Å²) in [5.74, 6) is -0.445. The molecule has 1 heterocycles. The van der Waals surface area contributed by atoms with Crippen LogP contribution in [0.3, 0.4) is 0 Å². The molecule has 0 spiro atoms. The largest absolute Gasteiger partial charge is 0.379 e. The van der Waals surface area contributed by atoms with E-state index in [-0.39, 0.29) is 43.5 Å². The van der Waals surface area contributed by atoms with E-state index in [1.165, 1.54) is 16.4 Å². The van der Waals surface area contributed by atoms with Crippen molar-refractivity contribution < 1.29 is 22.3 Å². The van der Waals surface area contributed by atoms with Gasteiger partial charge in [0.2, 0.25) is 15.9 Å². The van der Waals surface area contributed by atoms with Crippen molar-refractivity contribution in [1.29, 1.82) is 0 Å². The van der Waals surface area contributed by atoms with E-state index in [4.69, 9.17) is 4.74 Å². The van der Waals surface area contributed by atoms with Gasteiger partial charge in [-0.1, -0.05) is 20.8 Å². The van der Waals surface area contributed by atoms with Crippen molar-refractivity contribution >= 4 is 21.6 Å². The number of hydrogen-bond donors (Lipinski definition) is 1. The molecule has 2 fully saturated rings. The van der Waals surface area contributed by atoms with Crippen molar-refractivity contribution in [2.75, 3.05) is 31.6 Å². The summed E-state index contributed by atoms with van der Waals surface area (Å²) in [7, 11) is -3.97. The molecule has 1 aliphatic heterocycles. The van der Waals surface area contributed by atoms with Crippen LogP contribution >= 0.6 is 0 Å². The number of halogens is 1. The minimum Gasteiger partial charge on any atom is -0.379 e. The molecule has 0 atom stereocenters. The molecule has 162 valence electrons. The minimum absolute atomic E-state index is 0.0991. The Morgan fingerprint density at radius 3 is 2.34 bits per heavy atom. The number of rotatable bonds is 4. The van der Waals surface area contributed by atoms with Gasteiger partial charge in [-0.25, -0.2) is 12.8 Å². The summed E-state index contributed by atoms with van der Waals surface area (Å²) in [6, 6.07) is 3.73. The fourth-order valence-corrected chi connectivity index (χ4v) is 5.67. The number of nitrogens with one attached hydrogen (secondary N) is 1. The summed E-state index contributed by atoms with van der Waals surface area (Å²) in [5.41, 5.74) is 0.544. The Hall–Kier alpha value is -1.51. The monoisotopic (exact) mass is 426 g/mol. The molecule has 0 bridgehead atoms. The second-order valence-corrected chi connectivity index (χ2v) is 11.0. The number of hydrogen-bond acceptors (Lipinski definition) is 4. The number of nitrogens with zero attached hydrogens (tertiary/aromatic N) is 1. The quantitative estimate of drug-likeness (QED) is 0.798. The number of benzene rings is 1. The zero-order valence-electron chi connectivity index (χ0n) is 17.4. The fraction of sp³-hybridized carbons (Fsp3) is 0.667. The molecule has 0 aromatic heterocycles. The lowest BCUT2D eigenvalue weighted by atomic mass is 9.69. The Kier molecular flexibility index (Phi) is 6.65. The SMILES string of the molecule is CC(C)(C)C1CCC(C(=O)Nc2ccc(F)c(S(=O)(=O)N3CCOCC3)c2)CC1. The van der Waals surface area contributed by atoms with E-state index < -0.39 is 20.7 Å². The standard InChI is InChI=1S/C21H31FN2O4S/c1-21(2,3)16-6-4-15(5-7-16)20(25)23-17-8-9-18(22)19(14-17)29(26,27)24-10-12-28-13-11-24/h8-9,14-16H,4-7,10-13H2,1-3H3,(H,23,25). The molecule has 0 unspecified atom stereocenters. The van der Waals surface area contributed by atoms with E-state index in [1.807, 2.05) is 0 Å². The molecule has 1 saturated heterocycles. The molecule has 1 aromatic carbocycles. The second kappa shape index (κ2) is 8.70. The first-order valence-corrected chi connectivity index (χ1v) is 11.7. The van der Waals surface area contributed by atoms with Crippen LogP contribution in [0.15, 0.2) is 23.1 Å². The first-order valence-electron chi connectivity index (χ1n) is 10.3. The van der Waals surface area contributed by atoms with Gasteiger partial charge in [-0.2, -0.15) is 4.31 Å². The number of sulfonamides is 1. The molecular formula is C21H31FN2O4S. The molecular weight excluding hydrogens is 395 g/mol. The third kappa shape index (κ3) is 5.16. The molecule has 1 aliphatic carbocycles. The van der Waals surface area contributed by atoms with E-state index in [0.29, 0.717) is 11.6 Å². The minimum atomic E-state index is -3.97. The van der Waals surface area contributed by atoms with Gasteiger partial charge < -0.3 is 10.1 Å². The van der Waals surface area contributed by atoms with Crippen LogP contribution in [0.1, 0.15) is 46.5 Å². The van der Waals surface area contributed by atoms with Gasteiger partial charge in [0, 0.05) is 24.7 Å². The summed E-state index contributed by atoms with van der Waals surface area (Å²) in [6.45, 7) is 7.64. The Bertz CT molecular complexity index is 837. The zero-order valence-corrected chi connectivity index (χ0v) is 18.2. The van der Waals surface area contributed by atoms with E-state index in [0.717, 1.165) is 31.7 Å². The molecule has 2 aliphatic rings. The maximum atomic E-state index is 14.3. The number of carbonyl (C=O) groups is 1. The van der Waals surface area contributed by atoms with Gasteiger partial charge in [0.25, 0.3) is 0 Å². The lowest BCUT2D eigenvalue weighted by molar-refractivity contribution is -0.121. The average molecular weight is 427 g/mol. The van der Waals surface area contributed by atoms with Crippen molar-refractivity contribution in [2.24, 2.45) is 17.3 Å². The highest BCUT2D eigenvalue weighted by molar-refractivity contribution is 7.89. The third-order valence-corrected chi connectivity index (χ3v) is 8.02. The molecule has 1 saturated carbocycles. The van der Waals surface area contributed by atoms with Crippen molar-refractivity contribution in [2.45, 2.75) is 51.3 Å². The van der Waals surface area contributed by atoms with Crippen LogP contribution in [-0.2, 0) is 19.6 Å². The first-order chi connectivity index (χ1) is 13.6. The van der Waals surface area contributed by atoms with E-state index in [1.54, 1.807) is 0 Å². The Morgan fingerprint density at radius 1 is 1.14 bits per heavy atom. The van der Waals surface area contributed by atoms with Crippen molar-refractivity contribution in [1.82, 2.24) is 4.31 Å². The molecule has 6 nitrogen and oxygen atoms in total. The Morgan fingerprint density at radius 2 is 1.76 bits per heavy atom. The lowest BCUT2D eigenvalue weighted by Gasteiger charge is -2.36. The maximum absolute atomic E-state index is 14.3. The van der Waals surface area contributed by atoms with E-state index in [9.17, 15) is 17.6 Å². The van der Waals surface area contributed by atoms with Crippen LogP contribution in [0.25, 0.3) is 0 Å². The van der Waals surface area contributed by atoms with Crippen molar-refractivity contribution in [3.05, 3.63) is 24.0 Å². The highest BCUT2D eigenvalue weighted by atomic mass is 32.2. The molecule has 1 N–H and O–H groups in total. The van der Waals surface area contributed by atoms with Crippen LogP contribution in [0.4, 0.5) is 10.1 Å². The molecule has 29 heavy (non-hydrogen) atoms. The number of morpholine rings is 1. The molecule has 1 aromatic rings. The third-order valence-electron chi connectivity index (χ3n) is 6.11. The van der Waals surface area contributed by atoms with Gasteiger partial charge in [-0.15, -0.1) is 0 Å². The highest BCUT2D eigenvalue weighted by Gasteiger charge is 2.33. The predicted molar refractivity (Wildman–Crippen MR) is 110 cm³/mol. The number of ether oxygens (including phenoxy) is 1. The van der Waals surface area contributed by atoms with Crippen LogP contribution in [0.5, 0.6) is 0 Å². The van der Waals surface area contributed by atoms with Crippen molar-refractivity contribution in [3.8, 4) is 0 Å². The number of anilines is 1. The number of amides is 1. The zero-order chi connectivity index (χ0) is 21.2. The Labute approximate surface area is 172 Å². The van der Waals surface area contributed by atoms with Gasteiger partial charge in [0.1, 0.15) is 10.7 Å². The van der Waals surface area contributed by atoms with E-state index >= 15 is 0 Å². The molecule has 8 heteroatoms. The molecule has 1 amide bonds. The second-order valence-electron chi connectivity index (χ2n) is 9.07. The topological polar surface area (TPSA) is 75.7 Å². The number of carbonyl (C=O) groups excluding carboxylic acids is 1. The van der Waals surface area contributed by atoms with Gasteiger partial charge in [-0.05, 0) is 55.2 Å². The molecule has 3 rings (SSSR count). The Balaban J connectivity index is 1.69. The molecule has 0 radical (unpaired) electrons. The average Bonchev–Trinajstić information content (AvgIpc) is 2.69. The van der Waals surface area contributed by atoms with Crippen LogP contribution in [-0.4, -0.2) is 44.9 Å². The van der Waals surface area contributed by atoms with Crippen LogP contribution in [0.2, 0.25) is 0 Å². The van der Waals surface area contributed by atoms with Gasteiger partial charge in [0.05, 0.1) is 13.2 Å². The van der Waals surface area contributed by atoms with Crippen molar-refractivity contribution in [3.63, 3.8) is 0 Å². The smallest absolute Gasteiger partial charge is 0.246 e. The van der Waals surface area contributed by atoms with Crippen LogP contribution in [0, 0.1) is 23.1 Å². The predicted octanol–water partition coefficient (Wildman–Crippen LogP) is 3.64. The lowest BCUT2D eigenvalue weighted by Crippen LogP contribution is -2.41. The maximum Gasteiger partial charge on any atom is 0.246 e. The van der Waals surface area contributed by atoms with Gasteiger partial charge >= 0.3 is 0 Å². The summed E-state index contributed by atoms with van der Waals surface area (Å²) in [4.78, 5) is 12.3. The van der Waals surface area contributed by atoms with Gasteiger partial charge in [0.15, 0.2) is 0 Å². The normalized spacial score (nSPS) is 24.3. The first kappa shape index (κ1) is 22.2. The summed E-state index contributed by atoms with van der Waals surface area (Å²) >= 11 is 0.